The number of carbonyl (C=O) groups is 1. The highest BCUT2D eigenvalue weighted by Crippen LogP contribution is 2.28. The first kappa shape index (κ1) is 11.7. The average molecular weight is 231 g/mol. The van der Waals surface area contributed by atoms with Gasteiger partial charge in [0.25, 0.3) is 0 Å². The molecule has 0 saturated carbocycles. The maximum absolute atomic E-state index is 11.9. The third-order valence-electron chi connectivity index (χ3n) is 2.90. The number of carbonyl (C=O) groups excluding carboxylic acids is 1. The number of rotatable bonds is 1. The standard InChI is InChI=1S/C13H17N3O/c1-5-10-8-12(17)15(9-10)11-6-7-14-16(11)13(2,3)4/h1,6-7,10H,8-9H2,2-4H3. The molecule has 1 aliphatic rings. The summed E-state index contributed by atoms with van der Waals surface area (Å²) in [6.45, 7) is 6.77. The largest absolute Gasteiger partial charge is 0.296 e. The highest BCUT2D eigenvalue weighted by molar-refractivity contribution is 5.95. The summed E-state index contributed by atoms with van der Waals surface area (Å²) in [5.74, 6) is 3.59. The second-order valence-electron chi connectivity index (χ2n) is 5.34. The van der Waals surface area contributed by atoms with Gasteiger partial charge in [0.05, 0.1) is 11.7 Å². The Hall–Kier alpha value is -1.76. The second-order valence-corrected chi connectivity index (χ2v) is 5.34. The highest BCUT2D eigenvalue weighted by Gasteiger charge is 2.32. The van der Waals surface area contributed by atoms with Crippen molar-refractivity contribution in [3.63, 3.8) is 0 Å². The van der Waals surface area contributed by atoms with Crippen molar-refractivity contribution in [2.45, 2.75) is 32.7 Å². The average Bonchev–Trinajstić information content (AvgIpc) is 2.81. The first-order valence-corrected chi connectivity index (χ1v) is 5.74. The molecule has 1 aromatic heterocycles. The minimum Gasteiger partial charge on any atom is -0.296 e. The molecule has 1 amide bonds. The zero-order chi connectivity index (χ0) is 12.6. The van der Waals surface area contributed by atoms with Crippen molar-refractivity contribution in [1.29, 1.82) is 0 Å². The van der Waals surface area contributed by atoms with Crippen molar-refractivity contribution in [3.05, 3.63) is 12.3 Å². The Morgan fingerprint density at radius 2 is 2.24 bits per heavy atom. The van der Waals surface area contributed by atoms with Crippen molar-refractivity contribution in [2.24, 2.45) is 5.92 Å². The van der Waals surface area contributed by atoms with Crippen LogP contribution in [0.2, 0.25) is 0 Å². The summed E-state index contributed by atoms with van der Waals surface area (Å²) in [5.41, 5.74) is -0.145. The number of anilines is 1. The topological polar surface area (TPSA) is 38.1 Å². The van der Waals surface area contributed by atoms with E-state index in [0.717, 1.165) is 5.82 Å². The van der Waals surface area contributed by atoms with E-state index in [0.29, 0.717) is 13.0 Å². The lowest BCUT2D eigenvalue weighted by atomic mass is 10.1. The van der Waals surface area contributed by atoms with Gasteiger partial charge in [-0.2, -0.15) is 5.10 Å². The normalized spacial score (nSPS) is 20.7. The molecule has 1 atom stereocenters. The van der Waals surface area contributed by atoms with E-state index in [4.69, 9.17) is 6.42 Å². The first-order valence-electron chi connectivity index (χ1n) is 5.74. The number of hydrogen-bond donors (Lipinski definition) is 0. The van der Waals surface area contributed by atoms with Crippen LogP contribution in [0.4, 0.5) is 5.82 Å². The van der Waals surface area contributed by atoms with Crippen molar-refractivity contribution >= 4 is 11.7 Å². The van der Waals surface area contributed by atoms with Gasteiger partial charge in [-0.1, -0.05) is 0 Å². The summed E-state index contributed by atoms with van der Waals surface area (Å²) in [6.07, 6.45) is 7.54. The molecule has 0 aliphatic carbocycles. The van der Waals surface area contributed by atoms with E-state index < -0.39 is 0 Å². The van der Waals surface area contributed by atoms with Crippen LogP contribution < -0.4 is 4.90 Å². The van der Waals surface area contributed by atoms with Crippen LogP contribution in [0.3, 0.4) is 0 Å². The molecule has 0 bridgehead atoms. The van der Waals surface area contributed by atoms with Crippen LogP contribution in [0.5, 0.6) is 0 Å². The highest BCUT2D eigenvalue weighted by atomic mass is 16.2. The third kappa shape index (κ3) is 2.05. The van der Waals surface area contributed by atoms with E-state index in [1.165, 1.54) is 0 Å². The molecule has 2 rings (SSSR count). The fraction of sp³-hybridized carbons (Fsp3) is 0.538. The fourth-order valence-corrected chi connectivity index (χ4v) is 2.06. The molecule has 1 unspecified atom stereocenters. The Balaban J connectivity index is 2.34. The molecule has 2 heterocycles. The van der Waals surface area contributed by atoms with E-state index in [9.17, 15) is 4.79 Å². The smallest absolute Gasteiger partial charge is 0.229 e. The van der Waals surface area contributed by atoms with Gasteiger partial charge in [0.15, 0.2) is 0 Å². The summed E-state index contributed by atoms with van der Waals surface area (Å²) in [4.78, 5) is 13.6. The minimum atomic E-state index is -0.145. The van der Waals surface area contributed by atoms with Crippen molar-refractivity contribution in [1.82, 2.24) is 9.78 Å². The zero-order valence-electron chi connectivity index (χ0n) is 10.5. The Bertz CT molecular complexity index is 476. The van der Waals surface area contributed by atoms with Gasteiger partial charge in [-0.3, -0.25) is 9.69 Å². The number of amides is 1. The molecule has 4 heteroatoms. The van der Waals surface area contributed by atoms with Crippen molar-refractivity contribution in [2.75, 3.05) is 11.4 Å². The Morgan fingerprint density at radius 1 is 1.53 bits per heavy atom. The van der Waals surface area contributed by atoms with Crippen molar-refractivity contribution in [3.8, 4) is 12.3 Å². The molecule has 1 aliphatic heterocycles. The third-order valence-corrected chi connectivity index (χ3v) is 2.90. The van der Waals surface area contributed by atoms with Gasteiger partial charge in [-0.25, -0.2) is 4.68 Å². The minimum absolute atomic E-state index is 0.0193. The quantitative estimate of drug-likeness (QED) is 0.689. The Labute approximate surface area is 102 Å². The monoisotopic (exact) mass is 231 g/mol. The zero-order valence-corrected chi connectivity index (χ0v) is 10.5. The van der Waals surface area contributed by atoms with E-state index in [1.54, 1.807) is 11.1 Å². The van der Waals surface area contributed by atoms with Gasteiger partial charge in [0.2, 0.25) is 5.91 Å². The maximum Gasteiger partial charge on any atom is 0.229 e. The second kappa shape index (κ2) is 3.92. The molecule has 0 aromatic carbocycles. The lowest BCUT2D eigenvalue weighted by molar-refractivity contribution is -0.117. The van der Waals surface area contributed by atoms with E-state index in [-0.39, 0.29) is 17.4 Å². The van der Waals surface area contributed by atoms with Gasteiger partial charge in [-0.15, -0.1) is 12.3 Å². The van der Waals surface area contributed by atoms with E-state index in [1.807, 2.05) is 10.7 Å². The van der Waals surface area contributed by atoms with Crippen LogP contribution in [-0.2, 0) is 10.3 Å². The number of aromatic nitrogens is 2. The molecule has 1 fully saturated rings. The maximum atomic E-state index is 11.9. The Morgan fingerprint density at radius 3 is 2.76 bits per heavy atom. The molecule has 0 N–H and O–H groups in total. The number of hydrogen-bond acceptors (Lipinski definition) is 2. The van der Waals surface area contributed by atoms with Crippen LogP contribution in [0.15, 0.2) is 12.3 Å². The van der Waals surface area contributed by atoms with Crippen LogP contribution >= 0.6 is 0 Å². The molecule has 4 nitrogen and oxygen atoms in total. The van der Waals surface area contributed by atoms with E-state index >= 15 is 0 Å². The Kier molecular flexibility index (Phi) is 2.70. The van der Waals surface area contributed by atoms with Crippen LogP contribution in [0.1, 0.15) is 27.2 Å². The molecule has 0 radical (unpaired) electrons. The van der Waals surface area contributed by atoms with Gasteiger partial charge in [-0.05, 0) is 20.8 Å². The van der Waals surface area contributed by atoms with Gasteiger partial charge < -0.3 is 0 Å². The van der Waals surface area contributed by atoms with Gasteiger partial charge >= 0.3 is 0 Å². The fourth-order valence-electron chi connectivity index (χ4n) is 2.06. The SMILES string of the molecule is C#CC1CC(=O)N(c2ccnn2C(C)(C)C)C1. The summed E-state index contributed by atoms with van der Waals surface area (Å²) >= 11 is 0. The molecule has 90 valence electrons. The predicted octanol–water partition coefficient (Wildman–Crippen LogP) is 1.62. The van der Waals surface area contributed by atoms with Crippen molar-refractivity contribution < 1.29 is 4.79 Å². The first-order chi connectivity index (χ1) is 7.93. The van der Waals surface area contributed by atoms with Gasteiger partial charge in [0.1, 0.15) is 5.82 Å². The van der Waals surface area contributed by atoms with Gasteiger partial charge in [0, 0.05) is 24.9 Å². The summed E-state index contributed by atoms with van der Waals surface area (Å²) < 4.78 is 1.86. The van der Waals surface area contributed by atoms with Crippen LogP contribution in [0.25, 0.3) is 0 Å². The molecule has 1 aromatic rings. The lowest BCUT2D eigenvalue weighted by Crippen LogP contribution is -2.32. The van der Waals surface area contributed by atoms with Crippen LogP contribution in [-0.4, -0.2) is 22.2 Å². The molecule has 17 heavy (non-hydrogen) atoms. The lowest BCUT2D eigenvalue weighted by Gasteiger charge is -2.26. The molecular weight excluding hydrogens is 214 g/mol. The number of terminal acetylenes is 1. The van der Waals surface area contributed by atoms with E-state index in [2.05, 4.69) is 31.8 Å². The van der Waals surface area contributed by atoms with Crippen LogP contribution in [0, 0.1) is 18.3 Å². The summed E-state index contributed by atoms with van der Waals surface area (Å²) in [6, 6.07) is 1.86. The summed E-state index contributed by atoms with van der Waals surface area (Å²) in [5, 5.41) is 4.29. The molecule has 1 saturated heterocycles. The molecule has 0 spiro atoms. The predicted molar refractivity (Wildman–Crippen MR) is 66.5 cm³/mol. The summed E-state index contributed by atoms with van der Waals surface area (Å²) in [7, 11) is 0. The number of nitrogens with zero attached hydrogens (tertiary/aromatic N) is 3. The molecular formula is C13H17N3O.